The Labute approximate surface area is 95.4 Å². The number of nitrogens with zero attached hydrogens (tertiary/aromatic N) is 2. The third kappa shape index (κ3) is 2.98. The molecule has 0 saturated heterocycles. The Hall–Kier alpha value is -1.12. The minimum atomic E-state index is 0. The zero-order valence-electron chi connectivity index (χ0n) is 7.38. The number of hydrogen-bond acceptors (Lipinski definition) is 1. The van der Waals surface area contributed by atoms with Gasteiger partial charge in [-0.25, -0.2) is 4.57 Å². The topological polar surface area (TPSA) is 16.8 Å². The smallest absolute Gasteiger partial charge is 0.327 e. The molecule has 4 heteroatoms. The van der Waals surface area contributed by atoms with E-state index < -0.39 is 0 Å². The molecule has 0 aromatic carbocycles. The maximum Gasteiger partial charge on any atom is 0.327 e. The second-order valence-electron chi connectivity index (χ2n) is 2.47. The van der Waals surface area contributed by atoms with Crippen molar-refractivity contribution in [3.63, 3.8) is 0 Å². The van der Waals surface area contributed by atoms with Gasteiger partial charge < -0.3 is 12.4 Å². The van der Waals surface area contributed by atoms with E-state index in [1.165, 1.54) is 0 Å². The Morgan fingerprint density at radius 1 is 0.929 bits per heavy atom. The molecule has 2 aromatic heterocycles. The van der Waals surface area contributed by atoms with Crippen LogP contribution < -0.4 is 17.0 Å². The highest BCUT2D eigenvalue weighted by Crippen LogP contribution is 1.91. The van der Waals surface area contributed by atoms with Crippen molar-refractivity contribution in [2.75, 3.05) is 0 Å². The summed E-state index contributed by atoms with van der Waals surface area (Å²) in [7, 11) is 0. The first kappa shape index (κ1) is 12.9. The number of pyridine rings is 2. The van der Waals surface area contributed by atoms with Crippen molar-refractivity contribution in [2.24, 2.45) is 0 Å². The van der Waals surface area contributed by atoms with Gasteiger partial charge in [0.15, 0.2) is 0 Å². The van der Waals surface area contributed by atoms with Crippen LogP contribution in [-0.4, -0.2) is 4.98 Å². The Morgan fingerprint density at radius 3 is 2.21 bits per heavy atom. The van der Waals surface area contributed by atoms with E-state index in [2.05, 4.69) is 4.98 Å². The van der Waals surface area contributed by atoms with E-state index in [1.54, 1.807) is 6.20 Å². The van der Waals surface area contributed by atoms with E-state index in [1.807, 2.05) is 53.4 Å². The van der Waals surface area contributed by atoms with Crippen molar-refractivity contribution < 1.29 is 17.0 Å². The molecular formula is C10H10Cl2N2. The summed E-state index contributed by atoms with van der Waals surface area (Å²) in [5.74, 6) is 0.943. The average Bonchev–Trinajstić information content (AvgIpc) is 2.21. The van der Waals surface area contributed by atoms with Crippen molar-refractivity contribution in [1.82, 2.24) is 4.98 Å². The minimum Gasteiger partial charge on any atom is -1.00 e. The molecule has 0 saturated carbocycles. The van der Waals surface area contributed by atoms with E-state index in [-0.39, 0.29) is 24.8 Å². The third-order valence-electron chi connectivity index (χ3n) is 1.63. The van der Waals surface area contributed by atoms with Gasteiger partial charge in [0.1, 0.15) is 6.20 Å². The van der Waals surface area contributed by atoms with Gasteiger partial charge in [-0.2, -0.15) is 0 Å². The van der Waals surface area contributed by atoms with Gasteiger partial charge in [0.05, 0.1) is 12.4 Å². The molecule has 2 rings (SSSR count). The lowest BCUT2D eigenvalue weighted by molar-refractivity contribution is -0.599. The molecule has 0 bridgehead atoms. The maximum atomic E-state index is 4.21. The van der Waals surface area contributed by atoms with Crippen LogP contribution in [0, 0.1) is 0 Å². The normalized spacial score (nSPS) is 8.29. The van der Waals surface area contributed by atoms with Crippen LogP contribution in [0.2, 0.25) is 0 Å². The molecule has 14 heavy (non-hydrogen) atoms. The maximum absolute atomic E-state index is 4.21. The van der Waals surface area contributed by atoms with E-state index >= 15 is 0 Å². The second kappa shape index (κ2) is 6.35. The molecule has 0 aliphatic rings. The first-order valence-electron chi connectivity index (χ1n) is 3.84. The minimum absolute atomic E-state index is 0. The Balaban J connectivity index is 0.000000845. The van der Waals surface area contributed by atoms with E-state index in [0.29, 0.717) is 0 Å². The first-order chi connectivity index (χ1) is 5.97. The zero-order valence-corrected chi connectivity index (χ0v) is 8.95. The van der Waals surface area contributed by atoms with Crippen LogP contribution in [0.4, 0.5) is 0 Å². The fraction of sp³-hybridized carbons (Fsp3) is 0. The number of aromatic nitrogens is 2. The molecule has 0 aliphatic heterocycles. The van der Waals surface area contributed by atoms with Gasteiger partial charge >= 0.3 is 5.82 Å². The van der Waals surface area contributed by atoms with Crippen molar-refractivity contribution in [3.8, 4) is 5.82 Å². The van der Waals surface area contributed by atoms with Crippen LogP contribution in [0.1, 0.15) is 0 Å². The van der Waals surface area contributed by atoms with Crippen molar-refractivity contribution in [3.05, 3.63) is 55.0 Å². The molecule has 2 nitrogen and oxygen atoms in total. The van der Waals surface area contributed by atoms with Gasteiger partial charge in [0.2, 0.25) is 0 Å². The lowest BCUT2D eigenvalue weighted by atomic mass is 10.4. The van der Waals surface area contributed by atoms with Gasteiger partial charge in [-0.15, -0.1) is 12.4 Å². The molecule has 0 N–H and O–H groups in total. The van der Waals surface area contributed by atoms with Crippen LogP contribution in [0.25, 0.3) is 5.82 Å². The van der Waals surface area contributed by atoms with Crippen LogP contribution in [-0.2, 0) is 0 Å². The third-order valence-corrected chi connectivity index (χ3v) is 1.63. The highest BCUT2D eigenvalue weighted by Gasteiger charge is 2.01. The van der Waals surface area contributed by atoms with Gasteiger partial charge in [-0.3, -0.25) is 0 Å². The quantitative estimate of drug-likeness (QED) is 0.560. The molecule has 0 fully saturated rings. The molecular weight excluding hydrogens is 219 g/mol. The highest BCUT2D eigenvalue weighted by atomic mass is 35.5. The van der Waals surface area contributed by atoms with E-state index in [0.717, 1.165) is 5.82 Å². The van der Waals surface area contributed by atoms with Crippen LogP contribution >= 0.6 is 12.4 Å². The summed E-state index contributed by atoms with van der Waals surface area (Å²) in [4.78, 5) is 4.21. The summed E-state index contributed by atoms with van der Waals surface area (Å²) in [6, 6.07) is 11.8. The molecule has 0 aliphatic carbocycles. The lowest BCUT2D eigenvalue weighted by Gasteiger charge is -1.91. The number of halogens is 2. The van der Waals surface area contributed by atoms with Crippen LogP contribution in [0.5, 0.6) is 0 Å². The molecule has 74 valence electrons. The van der Waals surface area contributed by atoms with Crippen LogP contribution in [0.15, 0.2) is 55.0 Å². The van der Waals surface area contributed by atoms with Gasteiger partial charge in [0, 0.05) is 6.07 Å². The predicted octanol–water partition coefficient (Wildman–Crippen LogP) is -1.22. The SMILES string of the molecule is Cl.[Cl-].c1cc[n+](-c2ccccn2)cc1. The van der Waals surface area contributed by atoms with Crippen molar-refractivity contribution in [2.45, 2.75) is 0 Å². The molecule has 2 heterocycles. The summed E-state index contributed by atoms with van der Waals surface area (Å²) < 4.78 is 1.97. The Bertz CT molecular complexity index is 314. The Kier molecular flexibility index (Phi) is 5.84. The van der Waals surface area contributed by atoms with Crippen molar-refractivity contribution in [1.29, 1.82) is 0 Å². The first-order valence-corrected chi connectivity index (χ1v) is 3.84. The predicted molar refractivity (Wildman–Crippen MR) is 53.0 cm³/mol. The lowest BCUT2D eigenvalue weighted by Crippen LogP contribution is -3.00. The zero-order chi connectivity index (χ0) is 8.23. The second-order valence-corrected chi connectivity index (χ2v) is 2.47. The fourth-order valence-corrected chi connectivity index (χ4v) is 1.06. The van der Waals surface area contributed by atoms with Gasteiger partial charge in [0.25, 0.3) is 0 Å². The van der Waals surface area contributed by atoms with Crippen LogP contribution in [0.3, 0.4) is 0 Å². The Morgan fingerprint density at radius 2 is 1.64 bits per heavy atom. The standard InChI is InChI=1S/C10H9N2.2ClH/c1-4-8-12(9-5-1)10-6-2-3-7-11-10;;/h1-9H;2*1H/q+1;;/p-1. The van der Waals surface area contributed by atoms with Gasteiger partial charge in [-0.05, 0) is 23.2 Å². The molecule has 0 radical (unpaired) electrons. The number of hydrogen-bond donors (Lipinski definition) is 0. The summed E-state index contributed by atoms with van der Waals surface area (Å²) in [6.07, 6.45) is 5.74. The molecule has 0 atom stereocenters. The summed E-state index contributed by atoms with van der Waals surface area (Å²) in [5, 5.41) is 0. The van der Waals surface area contributed by atoms with E-state index in [4.69, 9.17) is 0 Å². The molecule has 0 spiro atoms. The number of rotatable bonds is 1. The monoisotopic (exact) mass is 228 g/mol. The fourth-order valence-electron chi connectivity index (χ4n) is 1.06. The van der Waals surface area contributed by atoms with Gasteiger partial charge in [-0.1, -0.05) is 12.1 Å². The van der Waals surface area contributed by atoms with Crippen molar-refractivity contribution >= 4 is 12.4 Å². The molecule has 0 unspecified atom stereocenters. The highest BCUT2D eigenvalue weighted by molar-refractivity contribution is 5.85. The summed E-state index contributed by atoms with van der Waals surface area (Å²) in [6.45, 7) is 0. The molecule has 2 aromatic rings. The summed E-state index contributed by atoms with van der Waals surface area (Å²) >= 11 is 0. The average molecular weight is 229 g/mol. The summed E-state index contributed by atoms with van der Waals surface area (Å²) in [5.41, 5.74) is 0. The largest absolute Gasteiger partial charge is 1.00 e. The molecule has 0 amide bonds. The van der Waals surface area contributed by atoms with E-state index in [9.17, 15) is 0 Å².